The lowest BCUT2D eigenvalue weighted by Gasteiger charge is -2.34. The highest BCUT2D eigenvalue weighted by molar-refractivity contribution is 5.84. The predicted molar refractivity (Wildman–Crippen MR) is 128 cm³/mol. The standard InChI is InChI=1S/C24H30N6O4/c1-4-33-24(31)30-22-17(15-34-30)6-5-16-14-25-23(27-21(16)22)26-19-8-7-18(13-20(19)32-3)29-11-9-28(2)10-12-29/h7-8,13-14H,4-6,9-12,15H2,1-3H3,(H,25,26,27). The molecule has 0 atom stereocenters. The van der Waals surface area contributed by atoms with Crippen molar-refractivity contribution in [3.63, 3.8) is 0 Å². The molecule has 0 spiro atoms. The summed E-state index contributed by atoms with van der Waals surface area (Å²) in [5.41, 5.74) is 5.28. The molecule has 0 unspecified atom stereocenters. The minimum Gasteiger partial charge on any atom is -0.494 e. The van der Waals surface area contributed by atoms with Crippen molar-refractivity contribution in [3.8, 4) is 5.75 Å². The summed E-state index contributed by atoms with van der Waals surface area (Å²) in [5, 5.41) is 4.51. The molecule has 2 aromatic rings. The van der Waals surface area contributed by atoms with Crippen LogP contribution in [-0.2, 0) is 16.0 Å². The molecule has 1 saturated heterocycles. The summed E-state index contributed by atoms with van der Waals surface area (Å²) in [6.45, 7) is 6.44. The largest absolute Gasteiger partial charge is 0.494 e. The highest BCUT2D eigenvalue weighted by atomic mass is 16.7. The van der Waals surface area contributed by atoms with Crippen LogP contribution in [0.1, 0.15) is 24.6 Å². The van der Waals surface area contributed by atoms with E-state index < -0.39 is 6.09 Å². The molecule has 1 aliphatic carbocycles. The normalized spacial score (nSPS) is 18.0. The number of hydrogen-bond donors (Lipinski definition) is 1. The highest BCUT2D eigenvalue weighted by Crippen LogP contribution is 2.38. The first-order valence-electron chi connectivity index (χ1n) is 11.6. The number of ether oxygens (including phenoxy) is 2. The van der Waals surface area contributed by atoms with Gasteiger partial charge in [0.15, 0.2) is 0 Å². The lowest BCUT2D eigenvalue weighted by atomic mass is 9.95. The van der Waals surface area contributed by atoms with Crippen molar-refractivity contribution in [2.45, 2.75) is 19.8 Å². The van der Waals surface area contributed by atoms with E-state index in [0.717, 1.165) is 67.3 Å². The van der Waals surface area contributed by atoms with E-state index in [1.807, 2.05) is 12.1 Å². The summed E-state index contributed by atoms with van der Waals surface area (Å²) >= 11 is 0. The van der Waals surface area contributed by atoms with Crippen LogP contribution in [0.25, 0.3) is 5.70 Å². The predicted octanol–water partition coefficient (Wildman–Crippen LogP) is 3.04. The summed E-state index contributed by atoms with van der Waals surface area (Å²) in [7, 11) is 3.80. The van der Waals surface area contributed by atoms with E-state index in [9.17, 15) is 4.79 Å². The number of aryl methyl sites for hydroxylation is 1. The average molecular weight is 467 g/mol. The highest BCUT2D eigenvalue weighted by Gasteiger charge is 2.36. The van der Waals surface area contributed by atoms with Gasteiger partial charge < -0.3 is 24.6 Å². The van der Waals surface area contributed by atoms with E-state index >= 15 is 0 Å². The van der Waals surface area contributed by atoms with Crippen LogP contribution in [0.5, 0.6) is 5.75 Å². The van der Waals surface area contributed by atoms with E-state index in [4.69, 9.17) is 19.3 Å². The number of aromatic nitrogens is 2. The monoisotopic (exact) mass is 466 g/mol. The molecule has 0 radical (unpaired) electrons. The Labute approximate surface area is 199 Å². The molecule has 1 N–H and O–H groups in total. The van der Waals surface area contributed by atoms with Gasteiger partial charge in [0.25, 0.3) is 0 Å². The van der Waals surface area contributed by atoms with Crippen molar-refractivity contribution >= 4 is 29.1 Å². The number of hydroxylamine groups is 2. The van der Waals surface area contributed by atoms with Gasteiger partial charge in [-0.05, 0) is 50.1 Å². The topological polar surface area (TPSA) is 92.3 Å². The molecule has 2 aliphatic heterocycles. The second-order valence-corrected chi connectivity index (χ2v) is 8.59. The number of carbonyl (C=O) groups is 1. The summed E-state index contributed by atoms with van der Waals surface area (Å²) < 4.78 is 10.8. The zero-order valence-corrected chi connectivity index (χ0v) is 19.8. The summed E-state index contributed by atoms with van der Waals surface area (Å²) in [6.07, 6.45) is 2.88. The summed E-state index contributed by atoms with van der Waals surface area (Å²) in [6, 6.07) is 6.12. The number of nitrogens with zero attached hydrogens (tertiary/aromatic N) is 5. The van der Waals surface area contributed by atoms with E-state index in [1.54, 1.807) is 20.2 Å². The maximum Gasteiger partial charge on any atom is 0.438 e. The zero-order valence-electron chi connectivity index (χ0n) is 19.8. The van der Waals surface area contributed by atoms with E-state index in [2.05, 4.69) is 33.2 Å². The molecule has 3 aliphatic rings. The molecule has 10 nitrogen and oxygen atoms in total. The number of methoxy groups -OCH3 is 1. The van der Waals surface area contributed by atoms with E-state index in [1.165, 1.54) is 5.06 Å². The number of likely N-dealkylation sites (N-methyl/N-ethyl adjacent to an activating group) is 1. The van der Waals surface area contributed by atoms with Crippen LogP contribution in [0.4, 0.5) is 22.1 Å². The Morgan fingerprint density at radius 2 is 2.03 bits per heavy atom. The number of rotatable bonds is 5. The fourth-order valence-electron chi connectivity index (χ4n) is 4.50. The molecular formula is C24H30N6O4. The van der Waals surface area contributed by atoms with Gasteiger partial charge in [0.2, 0.25) is 5.95 Å². The van der Waals surface area contributed by atoms with Crippen molar-refractivity contribution in [2.24, 2.45) is 0 Å². The third kappa shape index (κ3) is 4.26. The van der Waals surface area contributed by atoms with Crippen LogP contribution < -0.4 is 15.0 Å². The van der Waals surface area contributed by atoms with E-state index in [-0.39, 0.29) is 6.61 Å². The van der Waals surface area contributed by atoms with Gasteiger partial charge in [0.05, 0.1) is 31.7 Å². The number of piperazine rings is 1. The molecule has 1 aromatic carbocycles. The molecule has 3 heterocycles. The van der Waals surface area contributed by atoms with Crippen LogP contribution in [0.2, 0.25) is 0 Å². The van der Waals surface area contributed by atoms with E-state index in [0.29, 0.717) is 23.9 Å². The number of benzene rings is 1. The lowest BCUT2D eigenvalue weighted by Crippen LogP contribution is -2.44. The Balaban J connectivity index is 1.40. The number of carbonyl (C=O) groups excluding carboxylic acids is 1. The summed E-state index contributed by atoms with van der Waals surface area (Å²) in [5.74, 6) is 1.14. The molecule has 1 aromatic heterocycles. The van der Waals surface area contributed by atoms with Crippen molar-refractivity contribution in [1.82, 2.24) is 19.9 Å². The Hall–Kier alpha value is -3.37. The molecule has 180 valence electrons. The molecular weight excluding hydrogens is 436 g/mol. The smallest absolute Gasteiger partial charge is 0.438 e. The molecule has 1 amide bonds. The van der Waals surface area contributed by atoms with Crippen LogP contribution in [0.15, 0.2) is 30.0 Å². The van der Waals surface area contributed by atoms with Crippen molar-refractivity contribution in [1.29, 1.82) is 0 Å². The fraction of sp³-hybridized carbons (Fsp3) is 0.458. The second-order valence-electron chi connectivity index (χ2n) is 8.59. The quantitative estimate of drug-likeness (QED) is 0.714. The molecule has 0 bridgehead atoms. The third-order valence-electron chi connectivity index (χ3n) is 6.42. The van der Waals surface area contributed by atoms with Gasteiger partial charge in [-0.3, -0.25) is 4.84 Å². The van der Waals surface area contributed by atoms with Crippen molar-refractivity contribution in [3.05, 3.63) is 41.2 Å². The Bertz CT molecular complexity index is 1110. The SMILES string of the molecule is CCOC(=O)N1OCC2=C1c1nc(Nc3ccc(N4CCN(C)CC4)cc3OC)ncc1CC2. The maximum absolute atomic E-state index is 12.4. The average Bonchev–Trinajstić information content (AvgIpc) is 3.30. The Morgan fingerprint density at radius 3 is 2.79 bits per heavy atom. The van der Waals surface area contributed by atoms with Gasteiger partial charge in [-0.2, -0.15) is 5.06 Å². The third-order valence-corrected chi connectivity index (χ3v) is 6.42. The molecule has 10 heteroatoms. The van der Waals surface area contributed by atoms with Crippen LogP contribution in [0.3, 0.4) is 0 Å². The number of amides is 1. The first-order valence-corrected chi connectivity index (χ1v) is 11.6. The summed E-state index contributed by atoms with van der Waals surface area (Å²) in [4.78, 5) is 32.0. The first-order chi connectivity index (χ1) is 16.6. The number of anilines is 3. The van der Waals surface area contributed by atoms with Gasteiger partial charge in [0, 0.05) is 44.1 Å². The second kappa shape index (κ2) is 9.47. The van der Waals surface area contributed by atoms with Gasteiger partial charge in [-0.25, -0.2) is 14.8 Å². The minimum atomic E-state index is -0.533. The number of fused-ring (bicyclic) bond motifs is 2. The Morgan fingerprint density at radius 1 is 1.21 bits per heavy atom. The minimum absolute atomic E-state index is 0.272. The van der Waals surface area contributed by atoms with Gasteiger partial charge in [-0.1, -0.05) is 0 Å². The molecule has 0 saturated carbocycles. The molecule has 1 fully saturated rings. The lowest BCUT2D eigenvalue weighted by molar-refractivity contribution is -0.0675. The maximum atomic E-state index is 12.4. The van der Waals surface area contributed by atoms with Gasteiger partial charge >= 0.3 is 6.09 Å². The fourth-order valence-corrected chi connectivity index (χ4v) is 4.50. The molecule has 34 heavy (non-hydrogen) atoms. The van der Waals surface area contributed by atoms with Crippen LogP contribution in [0, 0.1) is 0 Å². The van der Waals surface area contributed by atoms with Crippen LogP contribution in [-0.4, -0.2) is 79.6 Å². The first kappa shape index (κ1) is 22.4. The molecule has 5 rings (SSSR count). The number of hydrogen-bond acceptors (Lipinski definition) is 9. The Kier molecular flexibility index (Phi) is 6.25. The van der Waals surface area contributed by atoms with Gasteiger partial charge in [0.1, 0.15) is 11.4 Å². The van der Waals surface area contributed by atoms with Gasteiger partial charge in [-0.15, -0.1) is 0 Å². The number of nitrogens with one attached hydrogen (secondary N) is 1. The van der Waals surface area contributed by atoms with Crippen molar-refractivity contribution in [2.75, 3.05) is 63.8 Å². The zero-order chi connectivity index (χ0) is 23.7. The van der Waals surface area contributed by atoms with Crippen molar-refractivity contribution < 1.29 is 19.1 Å². The van der Waals surface area contributed by atoms with Crippen LogP contribution >= 0.6 is 0 Å².